The first-order valence-electron chi connectivity index (χ1n) is 6.37. The normalized spacial score (nSPS) is 12.6. The third-order valence-corrected chi connectivity index (χ3v) is 2.91. The number of hydroxylamine groups is 2. The van der Waals surface area contributed by atoms with Crippen LogP contribution in [-0.2, 0) is 11.2 Å². The van der Waals surface area contributed by atoms with Gasteiger partial charge in [-0.2, -0.15) is 5.06 Å². The van der Waals surface area contributed by atoms with Crippen molar-refractivity contribution in [3.63, 3.8) is 0 Å². The molecule has 0 aliphatic rings. The van der Waals surface area contributed by atoms with E-state index in [4.69, 9.17) is 5.11 Å². The van der Waals surface area contributed by atoms with Gasteiger partial charge in [0.05, 0.1) is 0 Å². The number of aliphatic carboxylic acids is 1. The van der Waals surface area contributed by atoms with Crippen LogP contribution in [0.3, 0.4) is 0 Å². The minimum atomic E-state index is -0.988. The average molecular weight is 251 g/mol. The number of carboxylic acids is 1. The highest BCUT2D eigenvalue weighted by Crippen LogP contribution is 2.09. The molecule has 0 heterocycles. The van der Waals surface area contributed by atoms with Gasteiger partial charge in [-0.1, -0.05) is 50.1 Å². The fraction of sp³-hybridized carbons (Fsp3) is 0.500. The molecule has 100 valence electrons. The van der Waals surface area contributed by atoms with Gasteiger partial charge in [-0.25, -0.2) is 0 Å². The second kappa shape index (κ2) is 7.84. The zero-order chi connectivity index (χ0) is 13.4. The minimum Gasteiger partial charge on any atom is -0.480 e. The van der Waals surface area contributed by atoms with Gasteiger partial charge in [-0.3, -0.25) is 4.79 Å². The van der Waals surface area contributed by atoms with Crippen molar-refractivity contribution >= 4 is 5.97 Å². The number of nitrogens with zero attached hydrogens (tertiary/aromatic N) is 1. The second-order valence-electron chi connectivity index (χ2n) is 4.41. The maximum Gasteiger partial charge on any atom is 0.323 e. The van der Waals surface area contributed by atoms with E-state index in [2.05, 4.69) is 6.92 Å². The van der Waals surface area contributed by atoms with Gasteiger partial charge in [0.1, 0.15) is 6.04 Å². The van der Waals surface area contributed by atoms with Gasteiger partial charge in [0.2, 0.25) is 0 Å². The van der Waals surface area contributed by atoms with E-state index in [-0.39, 0.29) is 0 Å². The first-order chi connectivity index (χ1) is 8.65. The van der Waals surface area contributed by atoms with Crippen LogP contribution < -0.4 is 0 Å². The van der Waals surface area contributed by atoms with E-state index in [1.54, 1.807) is 0 Å². The summed E-state index contributed by atoms with van der Waals surface area (Å²) in [4.78, 5) is 11.2. The van der Waals surface area contributed by atoms with Crippen molar-refractivity contribution in [3.05, 3.63) is 35.9 Å². The van der Waals surface area contributed by atoms with Gasteiger partial charge in [-0.05, 0) is 12.0 Å². The Labute approximate surface area is 108 Å². The molecule has 0 saturated carbocycles. The SMILES string of the molecule is CCCCCN(O)C(Cc1ccccc1)C(=O)O. The van der Waals surface area contributed by atoms with Gasteiger partial charge in [0, 0.05) is 13.0 Å². The zero-order valence-corrected chi connectivity index (χ0v) is 10.7. The van der Waals surface area contributed by atoms with Gasteiger partial charge in [-0.15, -0.1) is 0 Å². The average Bonchev–Trinajstić information content (AvgIpc) is 2.37. The smallest absolute Gasteiger partial charge is 0.323 e. The van der Waals surface area contributed by atoms with Gasteiger partial charge in [0.15, 0.2) is 0 Å². The summed E-state index contributed by atoms with van der Waals surface area (Å²) >= 11 is 0. The Bertz CT molecular complexity index is 353. The predicted molar refractivity (Wildman–Crippen MR) is 69.6 cm³/mol. The van der Waals surface area contributed by atoms with Crippen molar-refractivity contribution < 1.29 is 15.1 Å². The third-order valence-electron chi connectivity index (χ3n) is 2.91. The van der Waals surface area contributed by atoms with E-state index in [1.165, 1.54) is 0 Å². The van der Waals surface area contributed by atoms with Crippen molar-refractivity contribution in [1.82, 2.24) is 5.06 Å². The van der Waals surface area contributed by atoms with Crippen molar-refractivity contribution in [1.29, 1.82) is 0 Å². The summed E-state index contributed by atoms with van der Waals surface area (Å²) < 4.78 is 0. The van der Waals surface area contributed by atoms with Crippen LogP contribution >= 0.6 is 0 Å². The highest BCUT2D eigenvalue weighted by Gasteiger charge is 2.24. The Hall–Kier alpha value is -1.39. The molecule has 1 rings (SSSR count). The third kappa shape index (κ3) is 4.85. The lowest BCUT2D eigenvalue weighted by atomic mass is 10.1. The number of rotatable bonds is 8. The van der Waals surface area contributed by atoms with Crippen LogP contribution in [0.5, 0.6) is 0 Å². The molecule has 0 saturated heterocycles. The molecule has 0 spiro atoms. The lowest BCUT2D eigenvalue weighted by Gasteiger charge is -2.22. The zero-order valence-electron chi connectivity index (χ0n) is 10.7. The summed E-state index contributed by atoms with van der Waals surface area (Å²) in [6, 6.07) is 8.49. The Morgan fingerprint density at radius 2 is 1.94 bits per heavy atom. The molecule has 1 unspecified atom stereocenters. The molecule has 0 bridgehead atoms. The summed E-state index contributed by atoms with van der Waals surface area (Å²) in [5.74, 6) is -0.988. The molecule has 2 N–H and O–H groups in total. The van der Waals surface area contributed by atoms with Crippen molar-refractivity contribution in [2.75, 3.05) is 6.54 Å². The number of benzene rings is 1. The number of hydrogen-bond donors (Lipinski definition) is 2. The molecule has 18 heavy (non-hydrogen) atoms. The predicted octanol–water partition coefficient (Wildman–Crippen LogP) is 2.56. The lowest BCUT2D eigenvalue weighted by molar-refractivity contribution is -0.169. The summed E-state index contributed by atoms with van der Waals surface area (Å²) in [6.45, 7) is 2.47. The maximum absolute atomic E-state index is 11.2. The Morgan fingerprint density at radius 1 is 1.28 bits per heavy atom. The minimum absolute atomic E-state index is 0.318. The fourth-order valence-corrected chi connectivity index (χ4v) is 1.84. The summed E-state index contributed by atoms with van der Waals surface area (Å²) in [5, 5.41) is 19.9. The van der Waals surface area contributed by atoms with Crippen LogP contribution in [0.15, 0.2) is 30.3 Å². The molecule has 0 amide bonds. The Balaban J connectivity index is 2.57. The number of carbonyl (C=O) groups is 1. The topological polar surface area (TPSA) is 60.8 Å². The first kappa shape index (κ1) is 14.7. The van der Waals surface area contributed by atoms with Crippen LogP contribution in [0.1, 0.15) is 31.7 Å². The number of hydrogen-bond acceptors (Lipinski definition) is 3. The molecule has 4 heteroatoms. The van der Waals surface area contributed by atoms with Gasteiger partial charge in [0.25, 0.3) is 0 Å². The van der Waals surface area contributed by atoms with Crippen molar-refractivity contribution in [3.8, 4) is 0 Å². The molecule has 0 aromatic heterocycles. The molecule has 1 atom stereocenters. The van der Waals surface area contributed by atoms with Crippen LogP contribution in [-0.4, -0.2) is 33.9 Å². The highest BCUT2D eigenvalue weighted by atomic mass is 16.5. The first-order valence-corrected chi connectivity index (χ1v) is 6.37. The van der Waals surface area contributed by atoms with Gasteiger partial charge < -0.3 is 10.3 Å². The van der Waals surface area contributed by atoms with E-state index in [1.807, 2.05) is 30.3 Å². The molecular weight excluding hydrogens is 230 g/mol. The summed E-state index contributed by atoms with van der Waals surface area (Å²) in [7, 11) is 0. The van der Waals surface area contributed by atoms with E-state index in [0.717, 1.165) is 29.9 Å². The molecule has 1 aromatic rings. The monoisotopic (exact) mass is 251 g/mol. The fourth-order valence-electron chi connectivity index (χ4n) is 1.84. The van der Waals surface area contributed by atoms with Crippen LogP contribution in [0.2, 0.25) is 0 Å². The molecule has 0 radical (unpaired) electrons. The maximum atomic E-state index is 11.2. The van der Waals surface area contributed by atoms with E-state index in [0.29, 0.717) is 13.0 Å². The van der Waals surface area contributed by atoms with Crippen LogP contribution in [0.25, 0.3) is 0 Å². The highest BCUT2D eigenvalue weighted by molar-refractivity contribution is 5.73. The largest absolute Gasteiger partial charge is 0.480 e. The molecule has 0 aliphatic carbocycles. The van der Waals surface area contributed by atoms with E-state index < -0.39 is 12.0 Å². The summed E-state index contributed by atoms with van der Waals surface area (Å²) in [5.41, 5.74) is 0.916. The standard InChI is InChI=1S/C14H21NO3/c1-2-3-7-10-15(18)13(14(16)17)11-12-8-5-4-6-9-12/h4-6,8-9,13,18H,2-3,7,10-11H2,1H3,(H,16,17). The quantitative estimate of drug-likeness (QED) is 0.550. The Morgan fingerprint density at radius 3 is 2.50 bits per heavy atom. The van der Waals surface area contributed by atoms with E-state index >= 15 is 0 Å². The van der Waals surface area contributed by atoms with Gasteiger partial charge >= 0.3 is 5.97 Å². The van der Waals surface area contributed by atoms with Crippen molar-refractivity contribution in [2.24, 2.45) is 0 Å². The molecule has 0 fully saturated rings. The molecule has 1 aromatic carbocycles. The molecular formula is C14H21NO3. The van der Waals surface area contributed by atoms with E-state index in [9.17, 15) is 10.0 Å². The number of unbranched alkanes of at least 4 members (excludes halogenated alkanes) is 2. The van der Waals surface area contributed by atoms with Crippen LogP contribution in [0, 0.1) is 0 Å². The number of carboxylic acid groups (broad SMARTS) is 1. The Kier molecular flexibility index (Phi) is 6.39. The molecule has 0 aliphatic heterocycles. The van der Waals surface area contributed by atoms with Crippen molar-refractivity contribution in [2.45, 2.75) is 38.6 Å². The lowest BCUT2D eigenvalue weighted by Crippen LogP contribution is -2.41. The second-order valence-corrected chi connectivity index (χ2v) is 4.41. The summed E-state index contributed by atoms with van der Waals surface area (Å²) in [6.07, 6.45) is 3.17. The van der Waals surface area contributed by atoms with Crippen LogP contribution in [0.4, 0.5) is 0 Å². The molecule has 4 nitrogen and oxygen atoms in total.